The second-order valence-corrected chi connectivity index (χ2v) is 5.86. The first-order valence-corrected chi connectivity index (χ1v) is 6.51. The summed E-state index contributed by atoms with van der Waals surface area (Å²) in [5.41, 5.74) is 6.16. The first kappa shape index (κ1) is 11.1. The summed E-state index contributed by atoms with van der Waals surface area (Å²) in [4.78, 5) is 1.25. The zero-order chi connectivity index (χ0) is 10.8. The highest BCUT2D eigenvalue weighted by Crippen LogP contribution is 2.37. The Morgan fingerprint density at radius 1 is 1.47 bits per heavy atom. The predicted octanol–water partition coefficient (Wildman–Crippen LogP) is 3.20. The summed E-state index contributed by atoms with van der Waals surface area (Å²) in [6.07, 6.45) is 5.43. The van der Waals surface area contributed by atoms with Crippen molar-refractivity contribution >= 4 is 11.8 Å². The van der Waals surface area contributed by atoms with E-state index in [4.69, 9.17) is 10.2 Å². The summed E-state index contributed by atoms with van der Waals surface area (Å²) in [6.45, 7) is 4.34. The molecule has 0 aliphatic heterocycles. The third-order valence-corrected chi connectivity index (χ3v) is 4.72. The Hall–Kier alpha value is -0.410. The third-order valence-electron chi connectivity index (χ3n) is 3.19. The molecule has 1 aromatic rings. The van der Waals surface area contributed by atoms with Crippen LogP contribution in [0.25, 0.3) is 0 Å². The zero-order valence-corrected chi connectivity index (χ0v) is 10.2. The van der Waals surface area contributed by atoms with Crippen molar-refractivity contribution in [1.29, 1.82) is 0 Å². The van der Waals surface area contributed by atoms with Crippen LogP contribution in [-0.4, -0.2) is 11.3 Å². The van der Waals surface area contributed by atoms with Crippen molar-refractivity contribution in [1.82, 2.24) is 0 Å². The first-order chi connectivity index (χ1) is 7.16. The van der Waals surface area contributed by atoms with Gasteiger partial charge in [-0.1, -0.05) is 6.92 Å². The summed E-state index contributed by atoms with van der Waals surface area (Å²) < 4.78 is 5.31. The van der Waals surface area contributed by atoms with Gasteiger partial charge in [0.15, 0.2) is 0 Å². The molecule has 3 unspecified atom stereocenters. The fraction of sp³-hybridized carbons (Fsp3) is 0.667. The quantitative estimate of drug-likeness (QED) is 0.840. The number of aryl methyl sites for hydroxylation is 1. The molecule has 0 aromatic carbocycles. The molecule has 1 fully saturated rings. The maximum absolute atomic E-state index is 6.16. The van der Waals surface area contributed by atoms with Crippen molar-refractivity contribution in [2.45, 2.75) is 49.3 Å². The second-order valence-electron chi connectivity index (χ2n) is 4.58. The fourth-order valence-corrected chi connectivity index (χ4v) is 3.56. The van der Waals surface area contributed by atoms with Gasteiger partial charge >= 0.3 is 0 Å². The van der Waals surface area contributed by atoms with Gasteiger partial charge in [0.25, 0.3) is 0 Å². The number of hydrogen-bond acceptors (Lipinski definition) is 3. The summed E-state index contributed by atoms with van der Waals surface area (Å²) in [5.74, 6) is 1.83. The van der Waals surface area contributed by atoms with E-state index in [1.165, 1.54) is 17.7 Å². The predicted molar refractivity (Wildman–Crippen MR) is 64.1 cm³/mol. The molecule has 2 N–H and O–H groups in total. The molecule has 3 atom stereocenters. The maximum atomic E-state index is 6.16. The van der Waals surface area contributed by atoms with Crippen molar-refractivity contribution in [3.05, 3.63) is 18.1 Å². The first-order valence-electron chi connectivity index (χ1n) is 5.63. The molecule has 1 aromatic heterocycles. The van der Waals surface area contributed by atoms with E-state index in [-0.39, 0.29) is 0 Å². The molecule has 1 aliphatic rings. The molecule has 3 heteroatoms. The molecular formula is C12H19NOS. The van der Waals surface area contributed by atoms with Crippen molar-refractivity contribution in [3.8, 4) is 0 Å². The number of rotatable bonds is 2. The van der Waals surface area contributed by atoms with Gasteiger partial charge in [-0.15, -0.1) is 11.8 Å². The zero-order valence-electron chi connectivity index (χ0n) is 9.40. The average molecular weight is 225 g/mol. The summed E-state index contributed by atoms with van der Waals surface area (Å²) in [7, 11) is 0. The van der Waals surface area contributed by atoms with Crippen LogP contribution in [0, 0.1) is 12.8 Å². The Balaban J connectivity index is 2.01. The van der Waals surface area contributed by atoms with E-state index in [1.54, 1.807) is 6.26 Å². The molecule has 15 heavy (non-hydrogen) atoms. The van der Waals surface area contributed by atoms with Crippen molar-refractivity contribution in [2.75, 3.05) is 0 Å². The molecule has 0 bridgehead atoms. The molecule has 2 nitrogen and oxygen atoms in total. The molecule has 84 valence electrons. The standard InChI is InChI=1S/C12H19NOS/c1-8-3-4-10(13)12(7-8)15-11-5-6-14-9(11)2/h5-6,8,10,12H,3-4,7,13H2,1-2H3. The lowest BCUT2D eigenvalue weighted by atomic mass is 9.87. The van der Waals surface area contributed by atoms with Crippen LogP contribution in [0.3, 0.4) is 0 Å². The topological polar surface area (TPSA) is 39.2 Å². The number of hydrogen-bond donors (Lipinski definition) is 1. The summed E-state index contributed by atoms with van der Waals surface area (Å²) in [6, 6.07) is 2.40. The van der Waals surface area contributed by atoms with Gasteiger partial charge in [-0.3, -0.25) is 0 Å². The molecule has 0 radical (unpaired) electrons. The molecule has 0 spiro atoms. The van der Waals surface area contributed by atoms with Crippen LogP contribution < -0.4 is 5.73 Å². The van der Waals surface area contributed by atoms with E-state index in [0.717, 1.165) is 18.1 Å². The van der Waals surface area contributed by atoms with Gasteiger partial charge in [-0.2, -0.15) is 0 Å². The van der Waals surface area contributed by atoms with E-state index in [9.17, 15) is 0 Å². The van der Waals surface area contributed by atoms with Gasteiger partial charge in [0.2, 0.25) is 0 Å². The highest BCUT2D eigenvalue weighted by Gasteiger charge is 2.27. The molecule has 0 amide bonds. The van der Waals surface area contributed by atoms with Crippen molar-refractivity contribution in [2.24, 2.45) is 11.7 Å². The van der Waals surface area contributed by atoms with Gasteiger partial charge in [-0.05, 0) is 38.2 Å². The van der Waals surface area contributed by atoms with Crippen molar-refractivity contribution in [3.63, 3.8) is 0 Å². The maximum Gasteiger partial charge on any atom is 0.114 e. The molecule has 2 rings (SSSR count). The SMILES string of the molecule is Cc1occc1SC1CC(C)CCC1N. The Morgan fingerprint density at radius 2 is 2.27 bits per heavy atom. The lowest BCUT2D eigenvalue weighted by Gasteiger charge is -2.31. The van der Waals surface area contributed by atoms with E-state index in [1.807, 2.05) is 24.8 Å². The van der Waals surface area contributed by atoms with Crippen LogP contribution in [-0.2, 0) is 0 Å². The van der Waals surface area contributed by atoms with E-state index in [0.29, 0.717) is 11.3 Å². The second kappa shape index (κ2) is 4.62. The van der Waals surface area contributed by atoms with Gasteiger partial charge < -0.3 is 10.2 Å². The number of nitrogens with two attached hydrogens (primary N) is 1. The highest BCUT2D eigenvalue weighted by molar-refractivity contribution is 8.00. The molecular weight excluding hydrogens is 206 g/mol. The van der Waals surface area contributed by atoms with Crippen LogP contribution in [0.15, 0.2) is 21.6 Å². The third kappa shape index (κ3) is 2.58. The monoisotopic (exact) mass is 225 g/mol. The van der Waals surface area contributed by atoms with Gasteiger partial charge in [0.05, 0.1) is 6.26 Å². The van der Waals surface area contributed by atoms with Gasteiger partial charge in [-0.25, -0.2) is 0 Å². The minimum atomic E-state index is 0.348. The lowest BCUT2D eigenvalue weighted by molar-refractivity contribution is 0.357. The number of thioether (sulfide) groups is 1. The Bertz CT molecular complexity index is 323. The summed E-state index contributed by atoms with van der Waals surface area (Å²) >= 11 is 1.89. The minimum absolute atomic E-state index is 0.348. The van der Waals surface area contributed by atoms with Crippen LogP contribution >= 0.6 is 11.8 Å². The van der Waals surface area contributed by atoms with Gasteiger partial charge in [0, 0.05) is 16.2 Å². The fourth-order valence-electron chi connectivity index (χ4n) is 2.15. The molecule has 1 saturated carbocycles. The van der Waals surface area contributed by atoms with Crippen molar-refractivity contribution < 1.29 is 4.42 Å². The van der Waals surface area contributed by atoms with Crippen LogP contribution in [0.2, 0.25) is 0 Å². The average Bonchev–Trinajstić information content (AvgIpc) is 2.58. The Labute approximate surface area is 95.6 Å². The smallest absolute Gasteiger partial charge is 0.114 e. The Kier molecular flexibility index (Phi) is 3.42. The van der Waals surface area contributed by atoms with E-state index < -0.39 is 0 Å². The molecule has 0 saturated heterocycles. The number of furan rings is 1. The highest BCUT2D eigenvalue weighted by atomic mass is 32.2. The van der Waals surface area contributed by atoms with E-state index in [2.05, 4.69) is 6.92 Å². The summed E-state index contributed by atoms with van der Waals surface area (Å²) in [5, 5.41) is 0.560. The normalized spacial score (nSPS) is 31.8. The van der Waals surface area contributed by atoms with Gasteiger partial charge in [0.1, 0.15) is 5.76 Å². The Morgan fingerprint density at radius 3 is 2.93 bits per heavy atom. The lowest BCUT2D eigenvalue weighted by Crippen LogP contribution is -2.37. The van der Waals surface area contributed by atoms with Crippen LogP contribution in [0.1, 0.15) is 31.9 Å². The largest absolute Gasteiger partial charge is 0.468 e. The van der Waals surface area contributed by atoms with Crippen LogP contribution in [0.4, 0.5) is 0 Å². The minimum Gasteiger partial charge on any atom is -0.468 e. The van der Waals surface area contributed by atoms with E-state index >= 15 is 0 Å². The molecule has 1 aliphatic carbocycles. The molecule has 1 heterocycles. The van der Waals surface area contributed by atoms with Crippen LogP contribution in [0.5, 0.6) is 0 Å².